The maximum absolute atomic E-state index is 11.9. The quantitative estimate of drug-likeness (QED) is 0.767. The molecule has 1 atom stereocenters. The molecule has 1 aliphatic carbocycles. The molecule has 1 heterocycles. The third-order valence-electron chi connectivity index (χ3n) is 3.30. The average Bonchev–Trinajstić information content (AvgIpc) is 3.13. The number of likely N-dealkylation sites (tertiary alicyclic amines) is 1. The van der Waals surface area contributed by atoms with E-state index in [0.717, 1.165) is 32.2 Å². The first-order valence-electron chi connectivity index (χ1n) is 6.54. The second-order valence-electron chi connectivity index (χ2n) is 4.93. The summed E-state index contributed by atoms with van der Waals surface area (Å²) in [5, 5.41) is 5.95. The van der Waals surface area contributed by atoms with E-state index in [2.05, 4.69) is 10.6 Å². The molecule has 5 heteroatoms. The summed E-state index contributed by atoms with van der Waals surface area (Å²) >= 11 is 0. The lowest BCUT2D eigenvalue weighted by molar-refractivity contribution is -0.121. The Morgan fingerprint density at radius 3 is 2.59 bits per heavy atom. The minimum absolute atomic E-state index is 0.0305. The summed E-state index contributed by atoms with van der Waals surface area (Å²) in [5.74, 6) is 0.0689. The Labute approximate surface area is 102 Å². The van der Waals surface area contributed by atoms with E-state index in [9.17, 15) is 9.59 Å². The second kappa shape index (κ2) is 5.38. The van der Waals surface area contributed by atoms with Crippen molar-refractivity contribution in [2.45, 2.75) is 51.1 Å². The first-order chi connectivity index (χ1) is 8.19. The van der Waals surface area contributed by atoms with E-state index in [1.165, 1.54) is 0 Å². The molecule has 1 aliphatic heterocycles. The molecule has 0 aromatic carbocycles. The van der Waals surface area contributed by atoms with Crippen molar-refractivity contribution < 1.29 is 9.59 Å². The number of carbonyl (C=O) groups excluding carboxylic acids is 2. The highest BCUT2D eigenvalue weighted by molar-refractivity contribution is 5.77. The van der Waals surface area contributed by atoms with E-state index in [-0.39, 0.29) is 18.0 Å². The number of urea groups is 1. The van der Waals surface area contributed by atoms with Crippen LogP contribution in [0.5, 0.6) is 0 Å². The molecule has 3 amide bonds. The number of hydrogen-bond donors (Lipinski definition) is 2. The third kappa shape index (κ3) is 3.61. The molecule has 96 valence electrons. The fraction of sp³-hybridized carbons (Fsp3) is 0.833. The van der Waals surface area contributed by atoms with E-state index in [1.54, 1.807) is 0 Å². The number of piperidine rings is 1. The van der Waals surface area contributed by atoms with Crippen LogP contribution in [0, 0.1) is 0 Å². The number of nitrogens with one attached hydrogen (secondary N) is 2. The Balaban J connectivity index is 1.78. The highest BCUT2D eigenvalue weighted by Gasteiger charge is 2.29. The van der Waals surface area contributed by atoms with Crippen LogP contribution in [-0.4, -0.2) is 42.0 Å². The van der Waals surface area contributed by atoms with Crippen molar-refractivity contribution >= 4 is 11.9 Å². The van der Waals surface area contributed by atoms with Gasteiger partial charge >= 0.3 is 6.03 Å². The van der Waals surface area contributed by atoms with E-state index >= 15 is 0 Å². The van der Waals surface area contributed by atoms with Gasteiger partial charge in [-0.2, -0.15) is 0 Å². The van der Waals surface area contributed by atoms with Gasteiger partial charge in [-0.25, -0.2) is 4.79 Å². The lowest BCUT2D eigenvalue weighted by Crippen LogP contribution is -2.52. The van der Waals surface area contributed by atoms with Crippen LogP contribution in [0.3, 0.4) is 0 Å². The van der Waals surface area contributed by atoms with Gasteiger partial charge in [0.2, 0.25) is 5.91 Å². The summed E-state index contributed by atoms with van der Waals surface area (Å²) in [6, 6.07) is 0.553. The normalized spacial score (nSPS) is 24.3. The van der Waals surface area contributed by atoms with Crippen LogP contribution >= 0.6 is 0 Å². The van der Waals surface area contributed by atoms with Crippen LogP contribution < -0.4 is 10.6 Å². The van der Waals surface area contributed by atoms with Crippen LogP contribution in [0.25, 0.3) is 0 Å². The maximum atomic E-state index is 11.9. The maximum Gasteiger partial charge on any atom is 0.317 e. The van der Waals surface area contributed by atoms with Crippen molar-refractivity contribution in [3.05, 3.63) is 0 Å². The largest absolute Gasteiger partial charge is 0.352 e. The summed E-state index contributed by atoms with van der Waals surface area (Å²) in [7, 11) is 0. The molecule has 1 saturated heterocycles. The summed E-state index contributed by atoms with van der Waals surface area (Å²) < 4.78 is 0. The van der Waals surface area contributed by atoms with Gasteiger partial charge in [0.1, 0.15) is 0 Å². The molecule has 0 spiro atoms. The number of hydrogen-bond acceptors (Lipinski definition) is 2. The van der Waals surface area contributed by atoms with Crippen LogP contribution in [0.2, 0.25) is 0 Å². The molecule has 0 aromatic heterocycles. The third-order valence-corrected chi connectivity index (χ3v) is 3.30. The molecule has 1 saturated carbocycles. The van der Waals surface area contributed by atoms with Crippen LogP contribution in [0.1, 0.15) is 39.0 Å². The standard InChI is InChI=1S/C12H21N3O2/c1-2-11(16)13-10-4-3-7-15(8-10)12(17)14-9-5-6-9/h9-10H,2-8H2,1H3,(H,13,16)(H,14,17). The van der Waals surface area contributed by atoms with Gasteiger partial charge in [0, 0.05) is 31.6 Å². The first kappa shape index (κ1) is 12.2. The molecular formula is C12H21N3O2. The zero-order chi connectivity index (χ0) is 12.3. The fourth-order valence-electron chi connectivity index (χ4n) is 2.10. The molecule has 1 unspecified atom stereocenters. The molecular weight excluding hydrogens is 218 g/mol. The van der Waals surface area contributed by atoms with Crippen molar-refractivity contribution in [2.75, 3.05) is 13.1 Å². The molecule has 2 fully saturated rings. The second-order valence-corrected chi connectivity index (χ2v) is 4.93. The minimum atomic E-state index is 0.0305. The molecule has 17 heavy (non-hydrogen) atoms. The molecule has 5 nitrogen and oxygen atoms in total. The SMILES string of the molecule is CCC(=O)NC1CCCN(C(=O)NC2CC2)C1. The van der Waals surface area contributed by atoms with Crippen molar-refractivity contribution in [3.63, 3.8) is 0 Å². The van der Waals surface area contributed by atoms with E-state index < -0.39 is 0 Å². The zero-order valence-electron chi connectivity index (χ0n) is 10.4. The van der Waals surface area contributed by atoms with Gasteiger partial charge < -0.3 is 15.5 Å². The Kier molecular flexibility index (Phi) is 3.86. The smallest absolute Gasteiger partial charge is 0.317 e. The van der Waals surface area contributed by atoms with Crippen LogP contribution in [0.4, 0.5) is 4.79 Å². The van der Waals surface area contributed by atoms with Crippen LogP contribution in [0.15, 0.2) is 0 Å². The molecule has 2 N–H and O–H groups in total. The lowest BCUT2D eigenvalue weighted by atomic mass is 10.1. The number of carbonyl (C=O) groups is 2. The zero-order valence-corrected chi connectivity index (χ0v) is 10.4. The Morgan fingerprint density at radius 2 is 1.94 bits per heavy atom. The number of nitrogens with zero attached hydrogens (tertiary/aromatic N) is 1. The predicted molar refractivity (Wildman–Crippen MR) is 64.6 cm³/mol. The summed E-state index contributed by atoms with van der Waals surface area (Å²) in [4.78, 5) is 25.0. The number of amides is 3. The van der Waals surface area contributed by atoms with Crippen LogP contribution in [-0.2, 0) is 4.79 Å². The highest BCUT2D eigenvalue weighted by atomic mass is 16.2. The Hall–Kier alpha value is -1.26. The van der Waals surface area contributed by atoms with Gasteiger partial charge in [-0.15, -0.1) is 0 Å². The van der Waals surface area contributed by atoms with Gasteiger partial charge in [0.25, 0.3) is 0 Å². The molecule has 0 radical (unpaired) electrons. The van der Waals surface area contributed by atoms with Crippen molar-refractivity contribution in [3.8, 4) is 0 Å². The van der Waals surface area contributed by atoms with E-state index in [1.807, 2.05) is 11.8 Å². The fourth-order valence-corrected chi connectivity index (χ4v) is 2.10. The molecule has 2 rings (SSSR count). The van der Waals surface area contributed by atoms with Gasteiger partial charge in [-0.3, -0.25) is 4.79 Å². The van der Waals surface area contributed by atoms with Gasteiger partial charge in [0.05, 0.1) is 0 Å². The summed E-state index contributed by atoms with van der Waals surface area (Å²) in [6.45, 7) is 3.29. The summed E-state index contributed by atoms with van der Waals surface area (Å²) in [6.07, 6.45) is 4.65. The minimum Gasteiger partial charge on any atom is -0.352 e. The van der Waals surface area contributed by atoms with Crippen molar-refractivity contribution in [1.82, 2.24) is 15.5 Å². The summed E-state index contributed by atoms with van der Waals surface area (Å²) in [5.41, 5.74) is 0. The lowest BCUT2D eigenvalue weighted by Gasteiger charge is -2.33. The number of rotatable bonds is 3. The average molecular weight is 239 g/mol. The Bertz CT molecular complexity index is 302. The molecule has 0 bridgehead atoms. The first-order valence-corrected chi connectivity index (χ1v) is 6.54. The molecule has 0 aromatic rings. The van der Waals surface area contributed by atoms with E-state index in [4.69, 9.17) is 0 Å². The van der Waals surface area contributed by atoms with Crippen molar-refractivity contribution in [2.24, 2.45) is 0 Å². The van der Waals surface area contributed by atoms with Gasteiger partial charge in [-0.05, 0) is 25.7 Å². The van der Waals surface area contributed by atoms with E-state index in [0.29, 0.717) is 19.0 Å². The topological polar surface area (TPSA) is 61.4 Å². The monoisotopic (exact) mass is 239 g/mol. The van der Waals surface area contributed by atoms with Gasteiger partial charge in [-0.1, -0.05) is 6.92 Å². The highest BCUT2D eigenvalue weighted by Crippen LogP contribution is 2.19. The van der Waals surface area contributed by atoms with Crippen molar-refractivity contribution in [1.29, 1.82) is 0 Å². The Morgan fingerprint density at radius 1 is 1.18 bits per heavy atom. The molecule has 2 aliphatic rings. The van der Waals surface area contributed by atoms with Gasteiger partial charge in [0.15, 0.2) is 0 Å². The predicted octanol–water partition coefficient (Wildman–Crippen LogP) is 0.849.